The van der Waals surface area contributed by atoms with E-state index in [2.05, 4.69) is 55.4 Å². The highest BCUT2D eigenvalue weighted by Crippen LogP contribution is 2.25. The lowest BCUT2D eigenvalue weighted by molar-refractivity contribution is -0.144. The van der Waals surface area contributed by atoms with E-state index in [1.807, 2.05) is 13.8 Å². The smallest absolute Gasteiger partial charge is 0.164 e. The Balaban J connectivity index is 4.13. The second-order valence-electron chi connectivity index (χ2n) is 17.2. The number of aliphatic hydroxyl groups excluding tert-OH is 2. The topological polar surface area (TPSA) is 74.6 Å². The fourth-order valence-electron chi connectivity index (χ4n) is 7.07. The molecule has 0 fully saturated rings. The third-order valence-electron chi connectivity index (χ3n) is 10.6. The number of rotatable bonds is 31. The van der Waals surface area contributed by atoms with Crippen LogP contribution in [0.15, 0.2) is 0 Å². The molecule has 0 heterocycles. The van der Waals surface area contributed by atoms with E-state index in [1.165, 1.54) is 89.9 Å². The van der Waals surface area contributed by atoms with E-state index in [-0.39, 0.29) is 24.7 Å². The molecule has 0 bridgehead atoms. The Kier molecular flexibility index (Phi) is 26.7. The Morgan fingerprint density at radius 3 is 0.761 bits per heavy atom. The maximum absolute atomic E-state index is 12.7. The van der Waals surface area contributed by atoms with Crippen molar-refractivity contribution in [3.8, 4) is 0 Å². The summed E-state index contributed by atoms with van der Waals surface area (Å²) in [6, 6.07) is 0. The largest absolute Gasteiger partial charge is 0.382 e. The summed E-state index contributed by atoms with van der Waals surface area (Å²) in [4.78, 5) is 25.4. The molecule has 0 aliphatic carbocycles. The molecule has 0 saturated carbocycles. The molecular formula is C42H82O4. The quantitative estimate of drug-likeness (QED) is 0.0783. The van der Waals surface area contributed by atoms with Gasteiger partial charge in [-0.3, -0.25) is 9.59 Å². The van der Waals surface area contributed by atoms with Crippen LogP contribution in [-0.2, 0) is 9.59 Å². The Hall–Kier alpha value is -0.740. The summed E-state index contributed by atoms with van der Waals surface area (Å²) in [6.07, 6.45) is 19.4. The van der Waals surface area contributed by atoms with Crippen molar-refractivity contribution in [2.24, 2.45) is 47.3 Å². The van der Waals surface area contributed by atoms with Crippen LogP contribution in [0.4, 0.5) is 0 Å². The van der Waals surface area contributed by atoms with Crippen molar-refractivity contribution in [3.05, 3.63) is 0 Å². The lowest BCUT2D eigenvalue weighted by Gasteiger charge is -2.20. The average Bonchev–Trinajstić information content (AvgIpc) is 2.95. The number of hydrogen-bond acceptors (Lipinski definition) is 4. The van der Waals surface area contributed by atoms with Gasteiger partial charge in [-0.05, 0) is 47.3 Å². The molecule has 274 valence electrons. The molecule has 0 saturated heterocycles. The third-order valence-corrected chi connectivity index (χ3v) is 10.6. The highest BCUT2D eigenvalue weighted by Gasteiger charge is 2.31. The van der Waals surface area contributed by atoms with E-state index in [9.17, 15) is 19.8 Å². The van der Waals surface area contributed by atoms with E-state index >= 15 is 0 Å². The lowest BCUT2D eigenvalue weighted by atomic mass is 9.88. The van der Waals surface area contributed by atoms with E-state index < -0.39 is 23.8 Å². The molecule has 0 aromatic rings. The standard InChI is InChI=1S/C42H82O4/c1-31(2)17-11-19-33(5)21-13-23-35(7)25-15-27-37(9)29-39(43)41(45)42(46)40(44)30-38(10)28-16-26-36(8)24-14-22-34(6)20-12-18-32(3)4/h31-38,41-42,45-46H,11-30H2,1-10H3. The first-order valence-electron chi connectivity index (χ1n) is 20.0. The minimum Gasteiger partial charge on any atom is -0.382 e. The zero-order valence-corrected chi connectivity index (χ0v) is 32.6. The normalized spacial score (nSPS) is 17.4. The number of ketones is 2. The number of hydrogen-bond donors (Lipinski definition) is 2. The summed E-state index contributed by atoms with van der Waals surface area (Å²) < 4.78 is 0. The first kappa shape index (κ1) is 45.3. The maximum Gasteiger partial charge on any atom is 0.164 e. The first-order chi connectivity index (χ1) is 21.6. The Morgan fingerprint density at radius 2 is 0.543 bits per heavy atom. The van der Waals surface area contributed by atoms with Gasteiger partial charge in [-0.2, -0.15) is 0 Å². The van der Waals surface area contributed by atoms with Crippen LogP contribution in [-0.4, -0.2) is 34.0 Å². The summed E-state index contributed by atoms with van der Waals surface area (Å²) >= 11 is 0. The molecule has 0 aliphatic heterocycles. The molecule has 8 unspecified atom stereocenters. The van der Waals surface area contributed by atoms with Gasteiger partial charge in [-0.1, -0.05) is 185 Å². The summed E-state index contributed by atoms with van der Waals surface area (Å²) in [6.45, 7) is 22.8. The van der Waals surface area contributed by atoms with E-state index in [0.29, 0.717) is 11.8 Å². The van der Waals surface area contributed by atoms with Gasteiger partial charge in [0.05, 0.1) is 0 Å². The van der Waals surface area contributed by atoms with Gasteiger partial charge >= 0.3 is 0 Å². The molecule has 0 rings (SSSR count). The van der Waals surface area contributed by atoms with Gasteiger partial charge in [-0.25, -0.2) is 0 Å². The Bertz CT molecular complexity index is 684. The molecule has 0 amide bonds. The summed E-state index contributed by atoms with van der Waals surface area (Å²) in [5.74, 6) is 4.13. The van der Waals surface area contributed by atoms with Crippen LogP contribution >= 0.6 is 0 Å². The van der Waals surface area contributed by atoms with Crippen LogP contribution in [0, 0.1) is 47.3 Å². The maximum atomic E-state index is 12.7. The molecule has 4 heteroatoms. The van der Waals surface area contributed by atoms with Crippen molar-refractivity contribution in [2.75, 3.05) is 0 Å². The molecule has 0 aromatic heterocycles. The van der Waals surface area contributed by atoms with Crippen molar-refractivity contribution in [2.45, 2.75) is 210 Å². The highest BCUT2D eigenvalue weighted by atomic mass is 16.3. The number of aliphatic hydroxyl groups is 2. The van der Waals surface area contributed by atoms with Gasteiger partial charge in [0.25, 0.3) is 0 Å². The third kappa shape index (κ3) is 25.3. The van der Waals surface area contributed by atoms with E-state index in [4.69, 9.17) is 0 Å². The molecule has 0 spiro atoms. The average molecular weight is 651 g/mol. The van der Waals surface area contributed by atoms with Crippen LogP contribution in [0.25, 0.3) is 0 Å². The monoisotopic (exact) mass is 651 g/mol. The summed E-state index contributed by atoms with van der Waals surface area (Å²) in [5, 5.41) is 21.0. The Morgan fingerprint density at radius 1 is 0.348 bits per heavy atom. The van der Waals surface area contributed by atoms with Crippen molar-refractivity contribution in [3.63, 3.8) is 0 Å². The van der Waals surface area contributed by atoms with Gasteiger partial charge in [-0.15, -0.1) is 0 Å². The summed E-state index contributed by atoms with van der Waals surface area (Å²) in [5.41, 5.74) is 0. The molecule has 2 N–H and O–H groups in total. The van der Waals surface area contributed by atoms with E-state index in [1.54, 1.807) is 0 Å². The number of carbonyl (C=O) groups is 2. The predicted octanol–water partition coefficient (Wildman–Crippen LogP) is 11.8. The zero-order chi connectivity index (χ0) is 35.1. The minimum absolute atomic E-state index is 0.145. The SMILES string of the molecule is CC(C)CCCC(C)CCCC(C)CCCC(C)CC(=O)C(O)C(O)C(=O)CC(C)CCCC(C)CCCC(C)CCCC(C)C. The fourth-order valence-corrected chi connectivity index (χ4v) is 7.07. The minimum atomic E-state index is -1.60. The molecule has 8 atom stereocenters. The molecule has 0 aliphatic rings. The van der Waals surface area contributed by atoms with Crippen LogP contribution < -0.4 is 0 Å². The predicted molar refractivity (Wildman–Crippen MR) is 199 cm³/mol. The van der Waals surface area contributed by atoms with E-state index in [0.717, 1.165) is 49.4 Å². The van der Waals surface area contributed by atoms with Crippen LogP contribution in [0.1, 0.15) is 198 Å². The van der Waals surface area contributed by atoms with Crippen molar-refractivity contribution in [1.29, 1.82) is 0 Å². The second-order valence-corrected chi connectivity index (χ2v) is 17.2. The lowest BCUT2D eigenvalue weighted by Crippen LogP contribution is -2.40. The van der Waals surface area contributed by atoms with Gasteiger partial charge in [0.1, 0.15) is 12.2 Å². The number of Topliss-reactive ketones (excluding diaryl/α,β-unsaturated/α-hetero) is 2. The van der Waals surface area contributed by atoms with Crippen molar-refractivity contribution >= 4 is 11.6 Å². The molecule has 0 aromatic carbocycles. The summed E-state index contributed by atoms with van der Waals surface area (Å²) in [7, 11) is 0. The molecular weight excluding hydrogens is 568 g/mol. The van der Waals surface area contributed by atoms with Crippen molar-refractivity contribution in [1.82, 2.24) is 0 Å². The molecule has 46 heavy (non-hydrogen) atoms. The van der Waals surface area contributed by atoms with Gasteiger partial charge in [0.2, 0.25) is 0 Å². The van der Waals surface area contributed by atoms with Crippen LogP contribution in [0.2, 0.25) is 0 Å². The fraction of sp³-hybridized carbons (Fsp3) is 0.952. The van der Waals surface area contributed by atoms with Crippen LogP contribution in [0.5, 0.6) is 0 Å². The zero-order valence-electron chi connectivity index (χ0n) is 32.6. The number of carbonyl (C=O) groups excluding carboxylic acids is 2. The van der Waals surface area contributed by atoms with Gasteiger partial charge in [0, 0.05) is 12.8 Å². The Labute approximate surface area is 288 Å². The first-order valence-corrected chi connectivity index (χ1v) is 20.0. The highest BCUT2D eigenvalue weighted by molar-refractivity contribution is 5.92. The van der Waals surface area contributed by atoms with Gasteiger partial charge in [0.15, 0.2) is 11.6 Å². The molecule has 4 nitrogen and oxygen atoms in total. The van der Waals surface area contributed by atoms with Gasteiger partial charge < -0.3 is 10.2 Å². The second kappa shape index (κ2) is 27.1. The van der Waals surface area contributed by atoms with Crippen LogP contribution in [0.3, 0.4) is 0 Å². The molecule has 0 radical (unpaired) electrons. The van der Waals surface area contributed by atoms with Crippen molar-refractivity contribution < 1.29 is 19.8 Å².